The van der Waals surface area contributed by atoms with Gasteiger partial charge in [0.1, 0.15) is 5.75 Å². The van der Waals surface area contributed by atoms with E-state index in [1.165, 1.54) is 37.8 Å². The van der Waals surface area contributed by atoms with Crippen molar-refractivity contribution in [2.45, 2.75) is 64.8 Å². The molecule has 0 radical (unpaired) electrons. The third-order valence-electron chi connectivity index (χ3n) is 5.62. The molecule has 1 aliphatic heterocycles. The van der Waals surface area contributed by atoms with Crippen LogP contribution in [0.2, 0.25) is 0 Å². The zero-order chi connectivity index (χ0) is 15.5. The van der Waals surface area contributed by atoms with E-state index in [4.69, 9.17) is 0 Å². The lowest BCUT2D eigenvalue weighted by molar-refractivity contribution is 0.0768. The highest BCUT2D eigenvalue weighted by atomic mass is 35.5. The van der Waals surface area contributed by atoms with Gasteiger partial charge in [-0.25, -0.2) is 0 Å². The van der Waals surface area contributed by atoms with E-state index in [1.807, 2.05) is 12.1 Å². The van der Waals surface area contributed by atoms with Gasteiger partial charge in [0.2, 0.25) is 0 Å². The van der Waals surface area contributed by atoms with Crippen LogP contribution in [-0.2, 0) is 5.41 Å². The van der Waals surface area contributed by atoms with E-state index in [9.17, 15) is 5.11 Å². The molecular weight excluding hydrogens is 294 g/mol. The number of hydrogen-bond donors (Lipinski definition) is 1. The summed E-state index contributed by atoms with van der Waals surface area (Å²) in [5.41, 5.74) is 1.47. The quantitative estimate of drug-likeness (QED) is 0.824. The van der Waals surface area contributed by atoms with E-state index in [2.05, 4.69) is 38.7 Å². The molecule has 1 fully saturated rings. The molecular formula is C19H32ClNO. The summed E-state index contributed by atoms with van der Waals surface area (Å²) in [6, 6.07) is 8.55. The predicted octanol–water partition coefficient (Wildman–Crippen LogP) is 4.99. The fourth-order valence-electron chi connectivity index (χ4n) is 3.64. The minimum atomic E-state index is 0. The van der Waals surface area contributed by atoms with Gasteiger partial charge in [-0.05, 0) is 55.3 Å². The first-order valence-electron chi connectivity index (χ1n) is 8.51. The monoisotopic (exact) mass is 325 g/mol. The first-order chi connectivity index (χ1) is 9.97. The molecule has 0 aliphatic carbocycles. The molecule has 2 nitrogen and oxygen atoms in total. The van der Waals surface area contributed by atoms with Crippen molar-refractivity contribution in [3.63, 3.8) is 0 Å². The molecule has 0 saturated carbocycles. The van der Waals surface area contributed by atoms with E-state index in [0.717, 1.165) is 6.54 Å². The van der Waals surface area contributed by atoms with Gasteiger partial charge in [0, 0.05) is 12.6 Å². The summed E-state index contributed by atoms with van der Waals surface area (Å²) in [6.45, 7) is 11.7. The van der Waals surface area contributed by atoms with Crippen molar-refractivity contribution < 1.29 is 5.11 Å². The second-order valence-corrected chi connectivity index (χ2v) is 7.11. The molecule has 126 valence electrons. The Morgan fingerprint density at radius 2 is 2.14 bits per heavy atom. The number of likely N-dealkylation sites (tertiary alicyclic amines) is 1. The minimum Gasteiger partial charge on any atom is -0.508 e. The number of nitrogens with zero attached hydrogens (tertiary/aromatic N) is 1. The Bertz CT molecular complexity index is 465. The Kier molecular flexibility index (Phi) is 7.21. The molecule has 0 amide bonds. The molecule has 0 aromatic heterocycles. The molecule has 1 aliphatic rings. The van der Waals surface area contributed by atoms with E-state index in [-0.39, 0.29) is 17.8 Å². The molecule has 3 atom stereocenters. The SMILES string of the molecule is CCCCC(C)N1CC[C@](C)(c2cccc(O)c2)[C@@H](C)C1.Cl. The number of benzene rings is 1. The zero-order valence-electron chi connectivity index (χ0n) is 14.5. The van der Waals surface area contributed by atoms with Gasteiger partial charge in [0.25, 0.3) is 0 Å². The summed E-state index contributed by atoms with van der Waals surface area (Å²) in [7, 11) is 0. The minimum absolute atomic E-state index is 0. The van der Waals surface area contributed by atoms with E-state index < -0.39 is 0 Å². The Morgan fingerprint density at radius 1 is 1.41 bits per heavy atom. The van der Waals surface area contributed by atoms with Crippen LogP contribution < -0.4 is 0 Å². The van der Waals surface area contributed by atoms with Gasteiger partial charge < -0.3 is 10.0 Å². The van der Waals surface area contributed by atoms with Gasteiger partial charge in [-0.15, -0.1) is 12.4 Å². The third kappa shape index (κ3) is 4.17. The highest BCUT2D eigenvalue weighted by molar-refractivity contribution is 5.85. The number of phenolic OH excluding ortho intramolecular Hbond substituents is 1. The molecule has 1 unspecified atom stereocenters. The first-order valence-corrected chi connectivity index (χ1v) is 8.51. The topological polar surface area (TPSA) is 23.5 Å². The van der Waals surface area contributed by atoms with Crippen LogP contribution in [0.25, 0.3) is 0 Å². The van der Waals surface area contributed by atoms with Crippen LogP contribution in [0.5, 0.6) is 5.75 Å². The molecule has 1 aromatic carbocycles. The van der Waals surface area contributed by atoms with Gasteiger partial charge in [0.15, 0.2) is 0 Å². The summed E-state index contributed by atoms with van der Waals surface area (Å²) in [5.74, 6) is 0.997. The van der Waals surface area contributed by atoms with Crippen LogP contribution >= 0.6 is 12.4 Å². The van der Waals surface area contributed by atoms with Gasteiger partial charge in [-0.1, -0.05) is 45.7 Å². The fourth-order valence-corrected chi connectivity index (χ4v) is 3.64. The van der Waals surface area contributed by atoms with Crippen LogP contribution in [0.3, 0.4) is 0 Å². The Balaban J connectivity index is 0.00000242. The number of halogens is 1. The highest BCUT2D eigenvalue weighted by Gasteiger charge is 2.38. The number of aromatic hydroxyl groups is 1. The van der Waals surface area contributed by atoms with Gasteiger partial charge >= 0.3 is 0 Å². The lowest BCUT2D eigenvalue weighted by Crippen LogP contribution is -2.50. The number of phenols is 1. The molecule has 3 heteroatoms. The van der Waals surface area contributed by atoms with E-state index in [0.29, 0.717) is 17.7 Å². The van der Waals surface area contributed by atoms with Crippen molar-refractivity contribution in [2.75, 3.05) is 13.1 Å². The Labute approximate surface area is 142 Å². The van der Waals surface area contributed by atoms with Crippen molar-refractivity contribution in [3.05, 3.63) is 29.8 Å². The van der Waals surface area contributed by atoms with Crippen LogP contribution in [0.1, 0.15) is 58.9 Å². The molecule has 0 bridgehead atoms. The summed E-state index contributed by atoms with van der Waals surface area (Å²) >= 11 is 0. The van der Waals surface area contributed by atoms with Crippen molar-refractivity contribution in [1.82, 2.24) is 4.90 Å². The fraction of sp³-hybridized carbons (Fsp3) is 0.684. The van der Waals surface area contributed by atoms with Crippen molar-refractivity contribution in [1.29, 1.82) is 0 Å². The van der Waals surface area contributed by atoms with Gasteiger partial charge in [-0.2, -0.15) is 0 Å². The van der Waals surface area contributed by atoms with E-state index in [1.54, 1.807) is 6.07 Å². The lowest BCUT2D eigenvalue weighted by Gasteiger charge is -2.47. The third-order valence-corrected chi connectivity index (χ3v) is 5.62. The largest absolute Gasteiger partial charge is 0.508 e. The van der Waals surface area contributed by atoms with Crippen LogP contribution in [-0.4, -0.2) is 29.1 Å². The maximum atomic E-state index is 9.77. The van der Waals surface area contributed by atoms with Crippen LogP contribution in [0.4, 0.5) is 0 Å². The molecule has 1 N–H and O–H groups in total. The number of piperidine rings is 1. The van der Waals surface area contributed by atoms with Crippen molar-refractivity contribution >= 4 is 12.4 Å². The summed E-state index contributed by atoms with van der Waals surface area (Å²) in [6.07, 6.45) is 5.10. The zero-order valence-corrected chi connectivity index (χ0v) is 15.3. The predicted molar refractivity (Wildman–Crippen MR) is 97.0 cm³/mol. The van der Waals surface area contributed by atoms with Crippen LogP contribution in [0.15, 0.2) is 24.3 Å². The highest BCUT2D eigenvalue weighted by Crippen LogP contribution is 2.40. The lowest BCUT2D eigenvalue weighted by atomic mass is 9.68. The number of hydrogen-bond acceptors (Lipinski definition) is 2. The van der Waals surface area contributed by atoms with Crippen LogP contribution in [0, 0.1) is 5.92 Å². The standard InChI is InChI=1S/C19H31NO.ClH/c1-5-6-8-16(3)20-12-11-19(4,15(2)14-20)17-9-7-10-18(21)13-17;/h7,9-10,13,15-16,21H,5-6,8,11-12,14H2,1-4H3;1H/t15-,16?,19-;/m0./s1. The van der Waals surface area contributed by atoms with Gasteiger partial charge in [-0.3, -0.25) is 0 Å². The van der Waals surface area contributed by atoms with E-state index >= 15 is 0 Å². The molecule has 1 aromatic rings. The molecule has 1 saturated heterocycles. The number of unbranched alkanes of at least 4 members (excludes halogenated alkanes) is 1. The summed E-state index contributed by atoms with van der Waals surface area (Å²) in [5, 5.41) is 9.77. The molecule has 2 rings (SSSR count). The van der Waals surface area contributed by atoms with Crippen molar-refractivity contribution in [3.8, 4) is 5.75 Å². The summed E-state index contributed by atoms with van der Waals surface area (Å²) < 4.78 is 0. The van der Waals surface area contributed by atoms with Crippen molar-refractivity contribution in [2.24, 2.45) is 5.92 Å². The molecule has 0 spiro atoms. The summed E-state index contributed by atoms with van der Waals surface area (Å²) in [4.78, 5) is 2.66. The Morgan fingerprint density at radius 3 is 2.73 bits per heavy atom. The van der Waals surface area contributed by atoms with Gasteiger partial charge in [0.05, 0.1) is 0 Å². The molecule has 1 heterocycles. The smallest absolute Gasteiger partial charge is 0.115 e. The Hall–Kier alpha value is -0.730. The maximum absolute atomic E-state index is 9.77. The second-order valence-electron chi connectivity index (χ2n) is 7.11. The second kappa shape index (κ2) is 8.21. The average Bonchev–Trinajstić information content (AvgIpc) is 2.47. The number of rotatable bonds is 5. The average molecular weight is 326 g/mol. The maximum Gasteiger partial charge on any atom is 0.115 e. The first kappa shape index (κ1) is 19.3. The normalized spacial score (nSPS) is 27.2. The molecule has 22 heavy (non-hydrogen) atoms.